The first-order valence-electron chi connectivity index (χ1n) is 9.77. The third-order valence-electron chi connectivity index (χ3n) is 4.70. The maximum atomic E-state index is 12.5. The van der Waals surface area contributed by atoms with Gasteiger partial charge < -0.3 is 24.5 Å². The molecule has 0 fully saturated rings. The Hall–Kier alpha value is -3.74. The van der Waals surface area contributed by atoms with Crippen LogP contribution in [0.15, 0.2) is 65.3 Å². The normalized spacial score (nSPS) is 12.3. The van der Waals surface area contributed by atoms with Gasteiger partial charge in [0.1, 0.15) is 19.0 Å². The van der Waals surface area contributed by atoms with Crippen LogP contribution in [0.5, 0.6) is 11.5 Å². The van der Waals surface area contributed by atoms with Crippen LogP contribution in [0, 0.1) is 0 Å². The van der Waals surface area contributed by atoms with Gasteiger partial charge in [-0.05, 0) is 48.4 Å². The lowest BCUT2D eigenvalue weighted by atomic mass is 10.1. The number of furan rings is 1. The van der Waals surface area contributed by atoms with Crippen LogP contribution in [-0.4, -0.2) is 25.0 Å². The number of anilines is 1. The summed E-state index contributed by atoms with van der Waals surface area (Å²) in [5.74, 6) is 1.64. The van der Waals surface area contributed by atoms with Crippen molar-refractivity contribution in [3.63, 3.8) is 0 Å². The lowest BCUT2D eigenvalue weighted by Crippen LogP contribution is -2.24. The van der Waals surface area contributed by atoms with E-state index in [4.69, 9.17) is 13.9 Å². The van der Waals surface area contributed by atoms with E-state index in [1.165, 1.54) is 0 Å². The van der Waals surface area contributed by atoms with E-state index in [2.05, 4.69) is 10.6 Å². The molecule has 0 saturated carbocycles. The molecule has 2 amide bonds. The Morgan fingerprint density at radius 3 is 2.60 bits per heavy atom. The van der Waals surface area contributed by atoms with Crippen LogP contribution >= 0.6 is 0 Å². The molecule has 0 atom stereocenters. The molecule has 0 radical (unpaired) electrons. The molecule has 0 spiro atoms. The predicted molar refractivity (Wildman–Crippen MR) is 111 cm³/mol. The summed E-state index contributed by atoms with van der Waals surface area (Å²) in [5.41, 5.74) is 1.86. The van der Waals surface area contributed by atoms with E-state index < -0.39 is 0 Å². The Balaban J connectivity index is 1.34. The predicted octanol–water partition coefficient (Wildman–Crippen LogP) is 3.55. The molecule has 30 heavy (non-hydrogen) atoms. The van der Waals surface area contributed by atoms with Gasteiger partial charge in [0.05, 0.1) is 24.1 Å². The van der Waals surface area contributed by atoms with Crippen LogP contribution in [0.2, 0.25) is 0 Å². The number of benzene rings is 2. The number of ether oxygens (including phenoxy) is 2. The fourth-order valence-corrected chi connectivity index (χ4v) is 3.18. The van der Waals surface area contributed by atoms with Crippen molar-refractivity contribution in [2.45, 2.75) is 19.4 Å². The fourth-order valence-electron chi connectivity index (χ4n) is 3.18. The third-order valence-corrected chi connectivity index (χ3v) is 4.70. The molecule has 0 unspecified atom stereocenters. The molecule has 2 N–H and O–H groups in total. The van der Waals surface area contributed by atoms with Gasteiger partial charge in [0, 0.05) is 6.42 Å². The highest BCUT2D eigenvalue weighted by Crippen LogP contribution is 2.31. The first kappa shape index (κ1) is 19.6. The quantitative estimate of drug-likeness (QED) is 0.626. The lowest BCUT2D eigenvalue weighted by Gasteiger charge is -2.18. The van der Waals surface area contributed by atoms with Crippen LogP contribution < -0.4 is 20.1 Å². The maximum Gasteiger partial charge on any atom is 0.253 e. The topological polar surface area (TPSA) is 89.8 Å². The van der Waals surface area contributed by atoms with Crippen molar-refractivity contribution in [1.82, 2.24) is 5.32 Å². The largest absolute Gasteiger partial charge is 0.486 e. The number of para-hydroxylation sites is 1. The number of rotatable bonds is 7. The van der Waals surface area contributed by atoms with Crippen LogP contribution in [0.25, 0.3) is 0 Å². The standard InChI is InChI=1S/C23H22N2O5/c26-22(10-8-16-7-9-20-21(14-16)30-13-12-29-20)25-19-6-2-1-5-18(19)23(27)24-15-17-4-3-11-28-17/h1-7,9,11,14H,8,10,12-13,15H2,(H,24,27)(H,25,26). The minimum absolute atomic E-state index is 0.170. The van der Waals surface area contributed by atoms with Crippen LogP contribution in [-0.2, 0) is 17.8 Å². The number of nitrogens with one attached hydrogen (secondary N) is 2. The summed E-state index contributed by atoms with van der Waals surface area (Å²) in [7, 11) is 0. The highest BCUT2D eigenvalue weighted by Gasteiger charge is 2.15. The molecule has 7 heteroatoms. The number of carbonyl (C=O) groups excluding carboxylic acids is 2. The SMILES string of the molecule is O=C(CCc1ccc2c(c1)OCCO2)Nc1ccccc1C(=O)NCc1ccco1. The summed E-state index contributed by atoms with van der Waals surface area (Å²) in [6, 6.07) is 16.2. The summed E-state index contributed by atoms with van der Waals surface area (Å²) >= 11 is 0. The van der Waals surface area contributed by atoms with Gasteiger partial charge in [0.25, 0.3) is 5.91 Å². The van der Waals surface area contributed by atoms with E-state index in [0.29, 0.717) is 42.4 Å². The number of aryl methyl sites for hydroxylation is 1. The number of amides is 2. The Morgan fingerprint density at radius 2 is 1.77 bits per heavy atom. The minimum atomic E-state index is -0.283. The van der Waals surface area contributed by atoms with Crippen molar-refractivity contribution in [3.8, 4) is 11.5 Å². The summed E-state index contributed by atoms with van der Waals surface area (Å²) in [6.07, 6.45) is 2.38. The van der Waals surface area contributed by atoms with Gasteiger partial charge in [-0.25, -0.2) is 0 Å². The van der Waals surface area contributed by atoms with Crippen molar-refractivity contribution in [2.24, 2.45) is 0 Å². The molecule has 0 saturated heterocycles. The monoisotopic (exact) mass is 406 g/mol. The van der Waals surface area contributed by atoms with Gasteiger partial charge in [-0.3, -0.25) is 9.59 Å². The summed E-state index contributed by atoms with van der Waals surface area (Å²) < 4.78 is 16.3. The molecule has 3 aromatic rings. The average Bonchev–Trinajstić information content (AvgIpc) is 3.30. The van der Waals surface area contributed by atoms with Gasteiger partial charge >= 0.3 is 0 Å². The van der Waals surface area contributed by atoms with E-state index in [-0.39, 0.29) is 24.8 Å². The zero-order valence-electron chi connectivity index (χ0n) is 16.4. The second kappa shape index (κ2) is 9.17. The number of hydrogen-bond acceptors (Lipinski definition) is 5. The minimum Gasteiger partial charge on any atom is -0.486 e. The van der Waals surface area contributed by atoms with E-state index in [0.717, 1.165) is 11.3 Å². The molecule has 154 valence electrons. The second-order valence-electron chi connectivity index (χ2n) is 6.83. The van der Waals surface area contributed by atoms with E-state index >= 15 is 0 Å². The summed E-state index contributed by atoms with van der Waals surface area (Å²) in [6.45, 7) is 1.34. The molecule has 1 aliphatic heterocycles. The van der Waals surface area contributed by atoms with E-state index in [1.807, 2.05) is 18.2 Å². The molecule has 2 aromatic carbocycles. The first-order valence-corrected chi connectivity index (χ1v) is 9.77. The first-order chi connectivity index (χ1) is 14.7. The van der Waals surface area contributed by atoms with Crippen LogP contribution in [0.3, 0.4) is 0 Å². The van der Waals surface area contributed by atoms with Crippen molar-refractivity contribution >= 4 is 17.5 Å². The lowest BCUT2D eigenvalue weighted by molar-refractivity contribution is -0.116. The Bertz CT molecular complexity index is 1030. The molecule has 1 aliphatic rings. The molecular formula is C23H22N2O5. The van der Waals surface area contributed by atoms with Crippen molar-refractivity contribution in [2.75, 3.05) is 18.5 Å². The van der Waals surface area contributed by atoms with E-state index in [1.54, 1.807) is 42.7 Å². The zero-order chi connectivity index (χ0) is 20.8. The van der Waals surface area contributed by atoms with Gasteiger partial charge in [-0.2, -0.15) is 0 Å². The maximum absolute atomic E-state index is 12.5. The number of carbonyl (C=O) groups is 2. The number of fused-ring (bicyclic) bond motifs is 1. The second-order valence-corrected chi connectivity index (χ2v) is 6.83. The van der Waals surface area contributed by atoms with Gasteiger partial charge in [0.2, 0.25) is 5.91 Å². The highest BCUT2D eigenvalue weighted by molar-refractivity contribution is 6.03. The van der Waals surface area contributed by atoms with Crippen molar-refractivity contribution < 1.29 is 23.5 Å². The molecule has 0 aliphatic carbocycles. The fraction of sp³-hybridized carbons (Fsp3) is 0.217. The van der Waals surface area contributed by atoms with Gasteiger partial charge in [-0.1, -0.05) is 18.2 Å². The third kappa shape index (κ3) is 4.81. The van der Waals surface area contributed by atoms with Crippen LogP contribution in [0.1, 0.15) is 28.1 Å². The molecule has 1 aromatic heterocycles. The van der Waals surface area contributed by atoms with Crippen molar-refractivity contribution in [3.05, 3.63) is 77.7 Å². The van der Waals surface area contributed by atoms with Crippen LogP contribution in [0.4, 0.5) is 5.69 Å². The Kier molecular flexibility index (Phi) is 5.98. The average molecular weight is 406 g/mol. The van der Waals surface area contributed by atoms with Crippen molar-refractivity contribution in [1.29, 1.82) is 0 Å². The van der Waals surface area contributed by atoms with Gasteiger partial charge in [0.15, 0.2) is 11.5 Å². The number of hydrogen-bond donors (Lipinski definition) is 2. The van der Waals surface area contributed by atoms with E-state index in [9.17, 15) is 9.59 Å². The summed E-state index contributed by atoms with van der Waals surface area (Å²) in [5, 5.41) is 5.63. The molecule has 7 nitrogen and oxygen atoms in total. The molecule has 0 bridgehead atoms. The smallest absolute Gasteiger partial charge is 0.253 e. The molecular weight excluding hydrogens is 384 g/mol. The molecule has 2 heterocycles. The summed E-state index contributed by atoms with van der Waals surface area (Å²) in [4.78, 5) is 25.0. The Morgan fingerprint density at radius 1 is 0.933 bits per heavy atom. The molecule has 4 rings (SSSR count). The zero-order valence-corrected chi connectivity index (χ0v) is 16.4. The Labute approximate surface area is 174 Å². The highest BCUT2D eigenvalue weighted by atomic mass is 16.6. The van der Waals surface area contributed by atoms with Gasteiger partial charge in [-0.15, -0.1) is 0 Å².